The number of ether oxygens (including phenoxy) is 5. The molecule has 0 bridgehead atoms. The first-order valence-electron chi connectivity index (χ1n) is 11.5. The quantitative estimate of drug-likeness (QED) is 0.277. The fourth-order valence-corrected chi connectivity index (χ4v) is 3.23. The predicted octanol–water partition coefficient (Wildman–Crippen LogP) is 2.75. The summed E-state index contributed by atoms with van der Waals surface area (Å²) in [4.78, 5) is 46.6. The van der Waals surface area contributed by atoms with Gasteiger partial charge in [0.05, 0.1) is 6.33 Å². The van der Waals surface area contributed by atoms with Gasteiger partial charge >= 0.3 is 12.3 Å². The maximum Gasteiger partial charge on any atom is 0.508 e. The summed E-state index contributed by atoms with van der Waals surface area (Å²) >= 11 is 0. The van der Waals surface area contributed by atoms with Crippen molar-refractivity contribution in [3.63, 3.8) is 0 Å². The van der Waals surface area contributed by atoms with Gasteiger partial charge in [0.1, 0.15) is 39.3 Å². The van der Waals surface area contributed by atoms with Gasteiger partial charge in [0.2, 0.25) is 5.95 Å². The SMILES string of the molecule is Nc1nc2c(ncn2COC(COC(=O)OCc2ccccc2)COC(=O)OCc2ccccc2)c(=O)[nH]1. The Hall–Kier alpha value is -4.91. The molecule has 3 N–H and O–H groups in total. The highest BCUT2D eigenvalue weighted by molar-refractivity contribution is 5.70. The lowest BCUT2D eigenvalue weighted by atomic mass is 10.2. The minimum Gasteiger partial charge on any atom is -0.431 e. The smallest absolute Gasteiger partial charge is 0.431 e. The van der Waals surface area contributed by atoms with Gasteiger partial charge in [0.15, 0.2) is 11.2 Å². The van der Waals surface area contributed by atoms with Gasteiger partial charge in [-0.15, -0.1) is 0 Å². The molecule has 13 nitrogen and oxygen atoms in total. The molecule has 0 spiro atoms. The fraction of sp³-hybridized carbons (Fsp3) is 0.240. The van der Waals surface area contributed by atoms with Crippen LogP contribution >= 0.6 is 0 Å². The number of benzene rings is 2. The molecule has 0 unspecified atom stereocenters. The van der Waals surface area contributed by atoms with Crippen LogP contribution in [0.2, 0.25) is 0 Å². The molecule has 0 aliphatic rings. The molecule has 4 aromatic rings. The summed E-state index contributed by atoms with van der Waals surface area (Å²) in [6.07, 6.45) is -1.43. The van der Waals surface area contributed by atoms with E-state index in [1.165, 1.54) is 10.9 Å². The van der Waals surface area contributed by atoms with Gasteiger partial charge in [0.25, 0.3) is 5.56 Å². The molecule has 0 saturated heterocycles. The van der Waals surface area contributed by atoms with Crippen LogP contribution in [0.5, 0.6) is 0 Å². The Morgan fingerprint density at radius 3 is 1.97 bits per heavy atom. The Labute approximate surface area is 216 Å². The zero-order valence-electron chi connectivity index (χ0n) is 20.1. The van der Waals surface area contributed by atoms with Crippen molar-refractivity contribution in [1.82, 2.24) is 19.5 Å². The van der Waals surface area contributed by atoms with Crippen molar-refractivity contribution in [2.75, 3.05) is 18.9 Å². The van der Waals surface area contributed by atoms with E-state index in [9.17, 15) is 14.4 Å². The number of hydrogen-bond donors (Lipinski definition) is 2. The number of nitrogens with zero attached hydrogens (tertiary/aromatic N) is 3. The number of aromatic nitrogens is 4. The third-order valence-corrected chi connectivity index (χ3v) is 5.12. The number of H-pyrrole nitrogens is 1. The van der Waals surface area contributed by atoms with Crippen molar-refractivity contribution < 1.29 is 33.3 Å². The number of aromatic amines is 1. The highest BCUT2D eigenvalue weighted by Gasteiger charge is 2.19. The average molecular weight is 524 g/mol. The summed E-state index contributed by atoms with van der Waals surface area (Å²) in [5.74, 6) is -0.0882. The molecular weight excluding hydrogens is 498 g/mol. The summed E-state index contributed by atoms with van der Waals surface area (Å²) in [5.41, 5.74) is 6.95. The van der Waals surface area contributed by atoms with E-state index in [1.807, 2.05) is 36.4 Å². The summed E-state index contributed by atoms with van der Waals surface area (Å²) in [7, 11) is 0. The zero-order valence-corrected chi connectivity index (χ0v) is 20.1. The normalized spacial score (nSPS) is 10.9. The van der Waals surface area contributed by atoms with Gasteiger partial charge in [-0.25, -0.2) is 14.6 Å². The molecule has 2 aromatic heterocycles. The van der Waals surface area contributed by atoms with E-state index in [-0.39, 0.29) is 50.3 Å². The average Bonchev–Trinajstić information content (AvgIpc) is 3.34. The van der Waals surface area contributed by atoms with Gasteiger partial charge < -0.3 is 29.4 Å². The minimum atomic E-state index is -0.928. The summed E-state index contributed by atoms with van der Waals surface area (Å²) < 4.78 is 27.7. The van der Waals surface area contributed by atoms with E-state index in [2.05, 4.69) is 15.0 Å². The zero-order chi connectivity index (χ0) is 26.7. The van der Waals surface area contributed by atoms with E-state index in [0.29, 0.717) is 0 Å². The Morgan fingerprint density at radius 2 is 1.42 bits per heavy atom. The fourth-order valence-electron chi connectivity index (χ4n) is 3.23. The van der Waals surface area contributed by atoms with Gasteiger partial charge in [-0.2, -0.15) is 4.98 Å². The van der Waals surface area contributed by atoms with Crippen LogP contribution < -0.4 is 11.3 Å². The Balaban J connectivity index is 1.33. The second-order valence-corrected chi connectivity index (χ2v) is 7.93. The maximum absolute atomic E-state index is 12.1. The number of nitrogens with two attached hydrogens (primary N) is 1. The molecule has 0 fully saturated rings. The lowest BCUT2D eigenvalue weighted by Crippen LogP contribution is -2.29. The number of fused-ring (bicyclic) bond motifs is 1. The van der Waals surface area contributed by atoms with Crippen LogP contribution in [0, 0.1) is 0 Å². The van der Waals surface area contributed by atoms with Crippen molar-refractivity contribution in [2.45, 2.75) is 26.0 Å². The second kappa shape index (κ2) is 12.9. The van der Waals surface area contributed by atoms with Crippen molar-refractivity contribution in [3.8, 4) is 0 Å². The van der Waals surface area contributed by atoms with Gasteiger partial charge in [-0.1, -0.05) is 60.7 Å². The van der Waals surface area contributed by atoms with Crippen molar-refractivity contribution in [3.05, 3.63) is 88.5 Å². The van der Waals surface area contributed by atoms with Crippen molar-refractivity contribution >= 4 is 29.4 Å². The molecule has 13 heteroatoms. The first-order valence-corrected chi connectivity index (χ1v) is 11.5. The summed E-state index contributed by atoms with van der Waals surface area (Å²) in [5, 5.41) is 0. The number of carbonyl (C=O) groups excluding carboxylic acids is 2. The number of nitrogens with one attached hydrogen (secondary N) is 1. The van der Waals surface area contributed by atoms with Gasteiger partial charge in [-0.3, -0.25) is 14.3 Å². The molecule has 38 heavy (non-hydrogen) atoms. The lowest BCUT2D eigenvalue weighted by molar-refractivity contribution is -0.0723. The molecular formula is C25H25N5O8. The van der Waals surface area contributed by atoms with E-state index in [1.54, 1.807) is 24.3 Å². The van der Waals surface area contributed by atoms with E-state index in [0.717, 1.165) is 11.1 Å². The second-order valence-electron chi connectivity index (χ2n) is 7.93. The standard InChI is InChI=1S/C25H25N5O8/c26-23-28-21-20(22(31)29-23)27-15-30(21)16-38-19(13-36-24(32)34-11-17-7-3-1-4-8-17)14-37-25(33)35-12-18-9-5-2-6-10-18/h1-10,15,19H,11-14,16H2,(H3,26,28,29,31). The summed E-state index contributed by atoms with van der Waals surface area (Å²) in [6.45, 7) is -0.723. The van der Waals surface area contributed by atoms with Crippen molar-refractivity contribution in [2.24, 2.45) is 0 Å². The molecule has 2 heterocycles. The maximum atomic E-state index is 12.1. The van der Waals surface area contributed by atoms with Crippen molar-refractivity contribution in [1.29, 1.82) is 0 Å². The van der Waals surface area contributed by atoms with Crippen LogP contribution in [0.15, 0.2) is 71.8 Å². The lowest BCUT2D eigenvalue weighted by Gasteiger charge is -2.18. The van der Waals surface area contributed by atoms with E-state index < -0.39 is 24.0 Å². The molecule has 0 atom stereocenters. The van der Waals surface area contributed by atoms with Crippen LogP contribution in [-0.4, -0.2) is 51.1 Å². The topological polar surface area (TPSA) is 170 Å². The Morgan fingerprint density at radius 1 is 0.868 bits per heavy atom. The van der Waals surface area contributed by atoms with Gasteiger partial charge in [0, 0.05) is 0 Å². The highest BCUT2D eigenvalue weighted by Crippen LogP contribution is 2.09. The molecule has 0 saturated carbocycles. The number of rotatable bonds is 11. The molecule has 2 aromatic carbocycles. The van der Waals surface area contributed by atoms with E-state index in [4.69, 9.17) is 29.4 Å². The van der Waals surface area contributed by atoms with E-state index >= 15 is 0 Å². The summed E-state index contributed by atoms with van der Waals surface area (Å²) in [6, 6.07) is 18.2. The largest absolute Gasteiger partial charge is 0.508 e. The molecule has 4 rings (SSSR count). The highest BCUT2D eigenvalue weighted by atomic mass is 16.7. The van der Waals surface area contributed by atoms with Gasteiger partial charge in [-0.05, 0) is 11.1 Å². The number of carbonyl (C=O) groups is 2. The first kappa shape index (κ1) is 26.2. The molecule has 198 valence electrons. The molecule has 0 aliphatic carbocycles. The minimum absolute atomic E-state index is 0.0240. The number of hydrogen-bond acceptors (Lipinski definition) is 11. The molecule has 0 radical (unpaired) electrons. The monoisotopic (exact) mass is 523 g/mol. The molecule has 0 amide bonds. The van der Waals surface area contributed by atoms with Crippen LogP contribution in [-0.2, 0) is 43.6 Å². The predicted molar refractivity (Wildman–Crippen MR) is 133 cm³/mol. The van der Waals surface area contributed by atoms with Crippen LogP contribution in [0.1, 0.15) is 11.1 Å². The van der Waals surface area contributed by atoms with Crippen LogP contribution in [0.3, 0.4) is 0 Å². The number of imidazole rings is 1. The third-order valence-electron chi connectivity index (χ3n) is 5.12. The Bertz CT molecular complexity index is 1350. The van der Waals surface area contributed by atoms with Crippen LogP contribution in [0.4, 0.5) is 15.5 Å². The number of anilines is 1. The molecule has 0 aliphatic heterocycles. The Kier molecular flexibility index (Phi) is 8.86. The van der Waals surface area contributed by atoms with Crippen LogP contribution in [0.25, 0.3) is 11.2 Å². The first-order chi connectivity index (χ1) is 18.5. The third kappa shape index (κ3) is 7.54. The number of nitrogen functional groups attached to an aromatic ring is 1.